The number of aromatic nitrogens is 1. The van der Waals surface area contributed by atoms with Gasteiger partial charge in [-0.1, -0.05) is 60.7 Å². The second kappa shape index (κ2) is 8.02. The van der Waals surface area contributed by atoms with Crippen LogP contribution in [0.4, 0.5) is 0 Å². The van der Waals surface area contributed by atoms with Gasteiger partial charge in [0.05, 0.1) is 7.11 Å². The van der Waals surface area contributed by atoms with Crippen LogP contribution in [-0.2, 0) is 16.1 Å². The normalized spacial score (nSPS) is 13.8. The van der Waals surface area contributed by atoms with Gasteiger partial charge in [-0.3, -0.25) is 0 Å². The Morgan fingerprint density at radius 1 is 1.15 bits per heavy atom. The molecular formula is C22H23NO3. The van der Waals surface area contributed by atoms with Crippen LogP contribution in [0.25, 0.3) is 10.9 Å². The number of aliphatic hydroxyl groups excluding tert-OH is 1. The fraction of sp³-hybridized carbons (Fsp3) is 0.227. The van der Waals surface area contributed by atoms with Gasteiger partial charge in [0.2, 0.25) is 0 Å². The molecule has 0 fully saturated rings. The van der Waals surface area contributed by atoms with Crippen molar-refractivity contribution < 1.29 is 14.6 Å². The van der Waals surface area contributed by atoms with E-state index in [1.165, 1.54) is 12.7 Å². The molecule has 26 heavy (non-hydrogen) atoms. The Balaban J connectivity index is 2.09. The first kappa shape index (κ1) is 18.0. The largest absolute Gasteiger partial charge is 0.467 e. The molecule has 0 aliphatic carbocycles. The second-order valence-corrected chi connectivity index (χ2v) is 6.23. The minimum Gasteiger partial charge on any atom is -0.467 e. The predicted molar refractivity (Wildman–Crippen MR) is 103 cm³/mol. The van der Waals surface area contributed by atoms with Gasteiger partial charge >= 0.3 is 5.97 Å². The number of ether oxygens (including phenoxy) is 1. The first-order chi connectivity index (χ1) is 12.7. The van der Waals surface area contributed by atoms with Gasteiger partial charge < -0.3 is 14.4 Å². The van der Waals surface area contributed by atoms with Gasteiger partial charge in [-0.05, 0) is 24.1 Å². The summed E-state index contributed by atoms with van der Waals surface area (Å²) in [6.07, 6.45) is 4.47. The fourth-order valence-electron chi connectivity index (χ4n) is 3.31. The molecule has 134 valence electrons. The van der Waals surface area contributed by atoms with E-state index in [0.29, 0.717) is 0 Å². The van der Waals surface area contributed by atoms with Crippen molar-refractivity contribution in [2.45, 2.75) is 25.5 Å². The predicted octanol–water partition coefficient (Wildman–Crippen LogP) is 3.88. The zero-order valence-electron chi connectivity index (χ0n) is 15.0. The Hall–Kier alpha value is -2.85. The summed E-state index contributed by atoms with van der Waals surface area (Å²) >= 11 is 0. The molecule has 2 aromatic carbocycles. The molecule has 0 radical (unpaired) electrons. The van der Waals surface area contributed by atoms with Crippen LogP contribution in [0, 0.1) is 0 Å². The van der Waals surface area contributed by atoms with Gasteiger partial charge in [0.25, 0.3) is 0 Å². The zero-order chi connectivity index (χ0) is 18.5. The third-order valence-corrected chi connectivity index (χ3v) is 4.56. The monoisotopic (exact) mass is 349 g/mol. The van der Waals surface area contributed by atoms with Crippen molar-refractivity contribution >= 4 is 16.9 Å². The zero-order valence-corrected chi connectivity index (χ0v) is 15.0. The van der Waals surface area contributed by atoms with Gasteiger partial charge in [0, 0.05) is 29.6 Å². The van der Waals surface area contributed by atoms with Gasteiger partial charge in [-0.15, -0.1) is 0 Å². The number of para-hydroxylation sites is 1. The average molecular weight is 349 g/mol. The van der Waals surface area contributed by atoms with Crippen molar-refractivity contribution in [2.75, 3.05) is 7.11 Å². The molecule has 4 nitrogen and oxygen atoms in total. The smallest absolute Gasteiger partial charge is 0.335 e. The van der Waals surface area contributed by atoms with Crippen molar-refractivity contribution in [1.82, 2.24) is 4.57 Å². The number of benzene rings is 2. The molecule has 0 bridgehead atoms. The molecule has 1 N–H and O–H groups in total. The molecule has 0 saturated heterocycles. The molecule has 3 rings (SSSR count). The van der Waals surface area contributed by atoms with E-state index >= 15 is 0 Å². The van der Waals surface area contributed by atoms with E-state index in [-0.39, 0.29) is 0 Å². The first-order valence-corrected chi connectivity index (χ1v) is 8.66. The van der Waals surface area contributed by atoms with Crippen molar-refractivity contribution in [3.8, 4) is 0 Å². The highest BCUT2D eigenvalue weighted by Gasteiger charge is 2.28. The van der Waals surface area contributed by atoms with Crippen molar-refractivity contribution in [1.29, 1.82) is 0 Å². The number of fused-ring (bicyclic) bond motifs is 1. The maximum Gasteiger partial charge on any atom is 0.335 e. The summed E-state index contributed by atoms with van der Waals surface area (Å²) in [4.78, 5) is 11.9. The van der Waals surface area contributed by atoms with Crippen LogP contribution in [0.1, 0.15) is 24.0 Å². The summed E-state index contributed by atoms with van der Waals surface area (Å²) in [5.41, 5.74) is 3.17. The van der Waals surface area contributed by atoms with Crippen LogP contribution in [-0.4, -0.2) is 28.9 Å². The fourth-order valence-corrected chi connectivity index (χ4v) is 3.31. The average Bonchev–Trinajstić information content (AvgIpc) is 3.04. The van der Waals surface area contributed by atoms with Crippen LogP contribution in [0.5, 0.6) is 0 Å². The lowest BCUT2D eigenvalue weighted by Crippen LogP contribution is -2.28. The number of hydrogen-bond acceptors (Lipinski definition) is 3. The molecule has 4 heteroatoms. The number of allylic oxidation sites excluding steroid dienone is 1. The molecule has 0 amide bonds. The number of hydrogen-bond donors (Lipinski definition) is 1. The number of carbonyl (C=O) groups is 1. The minimum atomic E-state index is -1.24. The Labute approximate surface area is 153 Å². The molecule has 3 aromatic rings. The summed E-state index contributed by atoms with van der Waals surface area (Å²) in [5, 5.41) is 11.5. The summed E-state index contributed by atoms with van der Waals surface area (Å²) in [6.45, 7) is 2.60. The summed E-state index contributed by atoms with van der Waals surface area (Å²) in [7, 11) is 1.29. The van der Waals surface area contributed by atoms with E-state index in [1.54, 1.807) is 0 Å². The van der Waals surface area contributed by atoms with Gasteiger partial charge in [0.15, 0.2) is 6.10 Å². The highest BCUT2D eigenvalue weighted by atomic mass is 16.5. The number of aliphatic hydroxyl groups is 1. The number of methoxy groups -OCH3 is 1. The third kappa shape index (κ3) is 3.55. The van der Waals surface area contributed by atoms with Gasteiger partial charge in [0.1, 0.15) is 0 Å². The minimum absolute atomic E-state index is 0.464. The Morgan fingerprint density at radius 2 is 1.85 bits per heavy atom. The number of nitrogens with zero attached hydrogens (tertiary/aromatic N) is 1. The van der Waals surface area contributed by atoms with Crippen LogP contribution in [0.3, 0.4) is 0 Å². The summed E-state index contributed by atoms with van der Waals surface area (Å²) in [6, 6.07) is 18.2. The Bertz CT molecular complexity index is 912. The van der Waals surface area contributed by atoms with Crippen LogP contribution < -0.4 is 0 Å². The number of carbonyl (C=O) groups excluding carboxylic acids is 1. The molecule has 0 unspecified atom stereocenters. The maximum atomic E-state index is 11.9. The Morgan fingerprint density at radius 3 is 2.54 bits per heavy atom. The molecule has 0 saturated carbocycles. The highest BCUT2D eigenvalue weighted by molar-refractivity contribution is 5.86. The lowest BCUT2D eigenvalue weighted by atomic mass is 9.92. The standard InChI is InChI=1S/C22H23NO3/c1-3-9-18(21(24)22(25)26-2)19-15-23(14-16-10-5-4-6-11-16)20-13-8-7-12-17(19)20/h3-13,15,18,21,24H,14H2,1-2H3/b9-3+/t18-,21-/m1/s1. The van der Waals surface area contributed by atoms with E-state index in [9.17, 15) is 9.90 Å². The molecule has 0 aliphatic rings. The molecule has 1 heterocycles. The van der Waals surface area contributed by atoms with Crippen LogP contribution >= 0.6 is 0 Å². The third-order valence-electron chi connectivity index (χ3n) is 4.56. The summed E-state index contributed by atoms with van der Waals surface area (Å²) in [5.74, 6) is -1.10. The highest BCUT2D eigenvalue weighted by Crippen LogP contribution is 2.32. The second-order valence-electron chi connectivity index (χ2n) is 6.23. The van der Waals surface area contributed by atoms with E-state index in [0.717, 1.165) is 23.0 Å². The quantitative estimate of drug-likeness (QED) is 0.543. The van der Waals surface area contributed by atoms with E-state index in [1.807, 2.05) is 61.7 Å². The van der Waals surface area contributed by atoms with Gasteiger partial charge in [-0.2, -0.15) is 0 Å². The molecule has 2 atom stereocenters. The molecular weight excluding hydrogens is 326 g/mol. The molecule has 0 aliphatic heterocycles. The SMILES string of the molecule is C/C=C/[C@H](c1cn(Cc2ccccc2)c2ccccc12)[C@@H](O)C(=O)OC. The number of rotatable bonds is 6. The lowest BCUT2D eigenvalue weighted by molar-refractivity contribution is -0.150. The van der Waals surface area contributed by atoms with E-state index < -0.39 is 18.0 Å². The Kier molecular flexibility index (Phi) is 5.54. The molecule has 0 spiro atoms. The molecule has 1 aromatic heterocycles. The first-order valence-electron chi connectivity index (χ1n) is 8.66. The van der Waals surface area contributed by atoms with Crippen molar-refractivity contribution in [3.63, 3.8) is 0 Å². The maximum absolute atomic E-state index is 11.9. The van der Waals surface area contributed by atoms with E-state index in [4.69, 9.17) is 4.74 Å². The van der Waals surface area contributed by atoms with Gasteiger partial charge in [-0.25, -0.2) is 4.79 Å². The van der Waals surface area contributed by atoms with Crippen LogP contribution in [0.2, 0.25) is 0 Å². The van der Waals surface area contributed by atoms with Crippen molar-refractivity contribution in [3.05, 3.63) is 84.1 Å². The summed E-state index contributed by atoms with van der Waals surface area (Å²) < 4.78 is 6.90. The van der Waals surface area contributed by atoms with Crippen molar-refractivity contribution in [2.24, 2.45) is 0 Å². The van der Waals surface area contributed by atoms with Crippen LogP contribution in [0.15, 0.2) is 72.9 Å². The topological polar surface area (TPSA) is 51.5 Å². The lowest BCUT2D eigenvalue weighted by Gasteiger charge is -2.17. The van der Waals surface area contributed by atoms with E-state index in [2.05, 4.69) is 22.8 Å². The number of esters is 1.